The summed E-state index contributed by atoms with van der Waals surface area (Å²) in [6, 6.07) is 17.3. The first-order chi connectivity index (χ1) is 20.7. The number of hydrogen-bond acceptors (Lipinski definition) is 8. The molecule has 43 heavy (non-hydrogen) atoms. The minimum atomic E-state index is -4.84. The van der Waals surface area contributed by atoms with Gasteiger partial charge in [0.2, 0.25) is 6.29 Å². The summed E-state index contributed by atoms with van der Waals surface area (Å²) in [5.41, 5.74) is 9.35. The van der Waals surface area contributed by atoms with Crippen molar-refractivity contribution in [2.75, 3.05) is 36.3 Å². The zero-order chi connectivity index (χ0) is 31.1. The van der Waals surface area contributed by atoms with E-state index in [1.54, 1.807) is 41.7 Å². The van der Waals surface area contributed by atoms with Crippen LogP contribution in [0, 0.1) is 17.8 Å². The first-order valence-electron chi connectivity index (χ1n) is 14.1. The minimum Gasteiger partial charge on any atom is -0.441 e. The molecular weight excluding hydrogens is 601 g/mol. The molecule has 1 saturated heterocycles. The van der Waals surface area contributed by atoms with Gasteiger partial charge in [-0.15, -0.1) is 11.8 Å². The van der Waals surface area contributed by atoms with Gasteiger partial charge >= 0.3 is 6.18 Å². The topological polar surface area (TPSA) is 98.0 Å². The number of hydrogen-bond donors (Lipinski definition) is 0. The smallest absolute Gasteiger partial charge is 0.441 e. The van der Waals surface area contributed by atoms with Crippen LogP contribution in [0.3, 0.4) is 0 Å². The second-order valence-electron chi connectivity index (χ2n) is 10.4. The molecule has 0 spiro atoms. The van der Waals surface area contributed by atoms with Gasteiger partial charge in [-0.25, -0.2) is 4.99 Å². The van der Waals surface area contributed by atoms with E-state index in [9.17, 15) is 13.2 Å². The molecule has 1 heterocycles. The summed E-state index contributed by atoms with van der Waals surface area (Å²) in [6.45, 7) is 6.95. The SMILES string of the molecule is CC(CSCCN=[N+]=[N-])CSCOCC1OC(OC(=Nc2ccccc2)C(F)(F)F)C(OCc2ccccc2)[C@@H](C)[C@@H]1C. The van der Waals surface area contributed by atoms with Crippen LogP contribution >= 0.6 is 23.5 Å². The summed E-state index contributed by atoms with van der Waals surface area (Å²) < 4.78 is 66.0. The molecule has 3 rings (SSSR count). The van der Waals surface area contributed by atoms with Gasteiger partial charge in [0.15, 0.2) is 0 Å². The van der Waals surface area contributed by atoms with Crippen molar-refractivity contribution < 1.29 is 32.1 Å². The second kappa shape index (κ2) is 18.4. The van der Waals surface area contributed by atoms with Gasteiger partial charge in [-0.2, -0.15) is 24.9 Å². The van der Waals surface area contributed by atoms with Crippen molar-refractivity contribution in [1.82, 2.24) is 0 Å². The van der Waals surface area contributed by atoms with E-state index in [1.165, 1.54) is 12.1 Å². The summed E-state index contributed by atoms with van der Waals surface area (Å²) in [4.78, 5) is 6.51. The zero-order valence-corrected chi connectivity index (χ0v) is 26.2. The van der Waals surface area contributed by atoms with Gasteiger partial charge in [0.25, 0.3) is 5.90 Å². The third-order valence-electron chi connectivity index (χ3n) is 6.91. The van der Waals surface area contributed by atoms with Gasteiger partial charge < -0.3 is 18.9 Å². The molecular formula is C30H39F3N4O4S2. The molecule has 13 heteroatoms. The Morgan fingerprint density at radius 1 is 1.02 bits per heavy atom. The Morgan fingerprint density at radius 2 is 1.70 bits per heavy atom. The number of rotatable bonds is 16. The molecule has 0 radical (unpaired) electrons. The lowest BCUT2D eigenvalue weighted by Gasteiger charge is -2.44. The average molecular weight is 641 g/mol. The van der Waals surface area contributed by atoms with Crippen molar-refractivity contribution in [3.63, 3.8) is 0 Å². The molecule has 2 aromatic rings. The molecule has 2 aromatic carbocycles. The quantitative estimate of drug-likeness (QED) is 0.0349. The van der Waals surface area contributed by atoms with Gasteiger partial charge in [-0.3, -0.25) is 0 Å². The largest absolute Gasteiger partial charge is 0.468 e. The standard InChI is InChI=1S/C30H39F3N4O4S2/c1-21(18-42-15-14-35-37-34)19-43-20-38-17-26-22(2)23(3)27(39-16-24-10-6-4-7-11-24)28(40-26)41-29(30(31,32)33)36-25-12-8-5-9-13-25/h4-13,21-23,26-28H,14-20H2,1-3H3/t21?,22-,23-,26?,27?,28?/m0/s1. The molecule has 0 amide bonds. The number of halogens is 3. The van der Waals surface area contributed by atoms with Gasteiger partial charge in [0.05, 0.1) is 30.9 Å². The maximum absolute atomic E-state index is 14.1. The van der Waals surface area contributed by atoms with Gasteiger partial charge in [0.1, 0.15) is 6.10 Å². The Kier molecular flexibility index (Phi) is 15.0. The van der Waals surface area contributed by atoms with E-state index in [1.807, 2.05) is 44.2 Å². The van der Waals surface area contributed by atoms with Crippen LogP contribution in [-0.4, -0.2) is 66.9 Å². The normalized spacial score (nSPS) is 23.4. The summed E-state index contributed by atoms with van der Waals surface area (Å²) in [6.07, 6.45) is -7.46. The van der Waals surface area contributed by atoms with Crippen LogP contribution in [0.5, 0.6) is 0 Å². The number of ether oxygens (including phenoxy) is 4. The van der Waals surface area contributed by atoms with Gasteiger partial charge in [-0.05, 0) is 58.2 Å². The van der Waals surface area contributed by atoms with Crippen molar-refractivity contribution >= 4 is 35.1 Å². The molecule has 1 aliphatic rings. The third-order valence-corrected chi connectivity index (χ3v) is 9.32. The van der Waals surface area contributed by atoms with Crippen molar-refractivity contribution in [2.24, 2.45) is 27.9 Å². The number of benzene rings is 2. The van der Waals surface area contributed by atoms with Gasteiger partial charge in [-0.1, -0.05) is 74.4 Å². The Balaban J connectivity index is 1.64. The molecule has 1 aliphatic heterocycles. The maximum Gasteiger partial charge on any atom is 0.468 e. The first-order valence-corrected chi connectivity index (χ1v) is 16.4. The maximum atomic E-state index is 14.1. The highest BCUT2D eigenvalue weighted by molar-refractivity contribution is 8.00. The number of aliphatic imine (C=N–C) groups is 1. The van der Waals surface area contributed by atoms with E-state index in [0.717, 1.165) is 22.8 Å². The lowest BCUT2D eigenvalue weighted by Crippen LogP contribution is -2.54. The number of nitrogens with zero attached hydrogens (tertiary/aromatic N) is 4. The fraction of sp³-hybridized carbons (Fsp3) is 0.567. The third kappa shape index (κ3) is 12.2. The van der Waals surface area contributed by atoms with Crippen LogP contribution in [0.15, 0.2) is 70.8 Å². The van der Waals surface area contributed by atoms with E-state index in [2.05, 4.69) is 21.9 Å². The molecule has 8 nitrogen and oxygen atoms in total. The number of thioether (sulfide) groups is 2. The minimum absolute atomic E-state index is 0.0718. The van der Waals surface area contributed by atoms with E-state index in [-0.39, 0.29) is 30.7 Å². The van der Waals surface area contributed by atoms with Crippen LogP contribution in [0.4, 0.5) is 18.9 Å². The number of para-hydroxylation sites is 1. The summed E-state index contributed by atoms with van der Waals surface area (Å²) in [7, 11) is 0. The van der Waals surface area contributed by atoms with E-state index < -0.39 is 30.6 Å². The lowest BCUT2D eigenvalue weighted by atomic mass is 9.83. The van der Waals surface area contributed by atoms with Crippen LogP contribution in [-0.2, 0) is 25.6 Å². The number of azide groups is 1. The van der Waals surface area contributed by atoms with Crippen molar-refractivity contribution in [2.45, 2.75) is 52.1 Å². The highest BCUT2D eigenvalue weighted by atomic mass is 32.2. The molecule has 0 bridgehead atoms. The van der Waals surface area contributed by atoms with E-state index in [4.69, 9.17) is 24.5 Å². The summed E-state index contributed by atoms with van der Waals surface area (Å²) in [5.74, 6) is 1.84. The predicted molar refractivity (Wildman–Crippen MR) is 166 cm³/mol. The molecule has 236 valence electrons. The average Bonchev–Trinajstić information content (AvgIpc) is 2.99. The second-order valence-corrected chi connectivity index (χ2v) is 12.5. The first kappa shape index (κ1) is 35.1. The Morgan fingerprint density at radius 3 is 2.37 bits per heavy atom. The van der Waals surface area contributed by atoms with Crippen molar-refractivity contribution in [1.29, 1.82) is 0 Å². The highest BCUT2D eigenvalue weighted by Gasteiger charge is 2.48. The fourth-order valence-electron chi connectivity index (χ4n) is 4.38. The fourth-order valence-corrected chi connectivity index (χ4v) is 6.26. The Hall–Kier alpha value is -2.41. The van der Waals surface area contributed by atoms with Gasteiger partial charge in [0, 0.05) is 11.5 Å². The Labute approximate surface area is 259 Å². The van der Waals surface area contributed by atoms with Crippen molar-refractivity contribution in [3.8, 4) is 0 Å². The molecule has 0 saturated carbocycles. The monoisotopic (exact) mass is 640 g/mol. The molecule has 0 aliphatic carbocycles. The van der Waals surface area contributed by atoms with Crippen LogP contribution < -0.4 is 0 Å². The van der Waals surface area contributed by atoms with Crippen LogP contribution in [0.2, 0.25) is 0 Å². The summed E-state index contributed by atoms with van der Waals surface area (Å²) >= 11 is 3.39. The Bertz CT molecular complexity index is 1160. The van der Waals surface area contributed by atoms with Crippen molar-refractivity contribution in [3.05, 3.63) is 76.7 Å². The molecule has 6 atom stereocenters. The predicted octanol–water partition coefficient (Wildman–Crippen LogP) is 8.26. The highest BCUT2D eigenvalue weighted by Crippen LogP contribution is 2.36. The molecule has 0 N–H and O–H groups in total. The summed E-state index contributed by atoms with van der Waals surface area (Å²) in [5, 5.41) is 3.53. The molecule has 1 fully saturated rings. The van der Waals surface area contributed by atoms with E-state index in [0.29, 0.717) is 18.4 Å². The van der Waals surface area contributed by atoms with Crippen LogP contribution in [0.25, 0.3) is 10.4 Å². The lowest BCUT2D eigenvalue weighted by molar-refractivity contribution is -0.270. The molecule has 4 unspecified atom stereocenters. The van der Waals surface area contributed by atoms with E-state index >= 15 is 0 Å². The number of alkyl halides is 3. The molecule has 0 aromatic heterocycles. The van der Waals surface area contributed by atoms with Crippen LogP contribution in [0.1, 0.15) is 26.3 Å². The zero-order valence-electron chi connectivity index (χ0n) is 24.6.